The van der Waals surface area contributed by atoms with E-state index in [4.69, 9.17) is 5.73 Å². The Balaban J connectivity index is 2.02. The molecule has 5 heteroatoms. The molecule has 1 aromatic carbocycles. The van der Waals surface area contributed by atoms with Crippen LogP contribution >= 0.6 is 0 Å². The number of nitrogens with two attached hydrogens (primary N) is 1. The Morgan fingerprint density at radius 2 is 2.28 bits per heavy atom. The van der Waals surface area contributed by atoms with Crippen molar-refractivity contribution in [1.29, 1.82) is 0 Å². The summed E-state index contributed by atoms with van der Waals surface area (Å²) in [6.07, 6.45) is 2.71. The smallest absolute Gasteiger partial charge is 0.118 e. The monoisotopic (exact) mass is 248 g/mol. The van der Waals surface area contributed by atoms with Gasteiger partial charge in [-0.2, -0.15) is 5.10 Å². The molecule has 96 valence electrons. The highest BCUT2D eigenvalue weighted by atomic mass is 19.1. The summed E-state index contributed by atoms with van der Waals surface area (Å²) in [5.41, 5.74) is 8.58. The van der Waals surface area contributed by atoms with E-state index >= 15 is 0 Å². The summed E-state index contributed by atoms with van der Waals surface area (Å²) in [7, 11) is 1.88. The van der Waals surface area contributed by atoms with Gasteiger partial charge in [0.2, 0.25) is 0 Å². The molecule has 0 spiro atoms. The molecule has 0 aliphatic carbocycles. The Hall–Kier alpha value is -1.78. The number of rotatable bonds is 1. The van der Waals surface area contributed by atoms with Gasteiger partial charge in [0.1, 0.15) is 6.17 Å². The fourth-order valence-electron chi connectivity index (χ4n) is 2.62. The van der Waals surface area contributed by atoms with Crippen molar-refractivity contribution >= 4 is 22.3 Å². The van der Waals surface area contributed by atoms with Gasteiger partial charge < -0.3 is 10.6 Å². The number of aromatic nitrogens is 2. The lowest BCUT2D eigenvalue weighted by Crippen LogP contribution is -2.36. The number of halogens is 1. The van der Waals surface area contributed by atoms with Gasteiger partial charge in [-0.25, -0.2) is 4.39 Å². The quantitative estimate of drug-likeness (QED) is 0.786. The van der Waals surface area contributed by atoms with E-state index in [1.165, 1.54) is 0 Å². The van der Waals surface area contributed by atoms with Crippen LogP contribution in [0, 0.1) is 0 Å². The predicted molar refractivity (Wildman–Crippen MR) is 71.5 cm³/mol. The number of aryl methyl sites for hydroxylation is 1. The van der Waals surface area contributed by atoms with Gasteiger partial charge >= 0.3 is 0 Å². The van der Waals surface area contributed by atoms with E-state index in [9.17, 15) is 4.39 Å². The molecule has 1 unspecified atom stereocenters. The molecule has 0 saturated carbocycles. The Morgan fingerprint density at radius 1 is 1.44 bits per heavy atom. The Labute approximate surface area is 105 Å². The average Bonchev–Trinajstić information content (AvgIpc) is 2.67. The second kappa shape index (κ2) is 4.15. The van der Waals surface area contributed by atoms with Gasteiger partial charge in [0.05, 0.1) is 16.9 Å². The van der Waals surface area contributed by atoms with E-state index in [2.05, 4.69) is 5.10 Å². The molecule has 2 heterocycles. The zero-order valence-corrected chi connectivity index (χ0v) is 10.4. The second-order valence-electron chi connectivity index (χ2n) is 4.96. The Kier molecular flexibility index (Phi) is 2.61. The first-order chi connectivity index (χ1) is 8.63. The lowest BCUT2D eigenvalue weighted by atomic mass is 10.1. The number of alkyl halides is 1. The maximum Gasteiger partial charge on any atom is 0.118 e. The molecular weight excluding hydrogens is 231 g/mol. The van der Waals surface area contributed by atoms with E-state index in [0.29, 0.717) is 18.7 Å². The topological polar surface area (TPSA) is 47.1 Å². The highest BCUT2D eigenvalue weighted by Gasteiger charge is 2.21. The SMILES string of the molecule is Cn1cc2cc(N)c(N3CCCC(F)C3)cc2n1. The zero-order valence-electron chi connectivity index (χ0n) is 10.4. The molecule has 1 fully saturated rings. The first-order valence-corrected chi connectivity index (χ1v) is 6.25. The lowest BCUT2D eigenvalue weighted by molar-refractivity contribution is 0.287. The molecule has 0 radical (unpaired) electrons. The number of nitrogens with zero attached hydrogens (tertiary/aromatic N) is 3. The molecule has 2 N–H and O–H groups in total. The summed E-state index contributed by atoms with van der Waals surface area (Å²) in [5, 5.41) is 5.39. The number of fused-ring (bicyclic) bond motifs is 1. The minimum Gasteiger partial charge on any atom is -0.397 e. The van der Waals surface area contributed by atoms with Crippen molar-refractivity contribution < 1.29 is 4.39 Å². The van der Waals surface area contributed by atoms with Gasteiger partial charge in [-0.1, -0.05) is 0 Å². The van der Waals surface area contributed by atoms with Crippen LogP contribution < -0.4 is 10.6 Å². The van der Waals surface area contributed by atoms with Gasteiger partial charge in [0.15, 0.2) is 0 Å². The summed E-state index contributed by atoms with van der Waals surface area (Å²) in [4.78, 5) is 2.03. The van der Waals surface area contributed by atoms with Gasteiger partial charge in [0.25, 0.3) is 0 Å². The minimum atomic E-state index is -0.752. The first kappa shape index (κ1) is 11.3. The van der Waals surface area contributed by atoms with Crippen LogP contribution in [0.25, 0.3) is 10.9 Å². The van der Waals surface area contributed by atoms with Crippen molar-refractivity contribution in [2.24, 2.45) is 7.05 Å². The summed E-state index contributed by atoms with van der Waals surface area (Å²) in [6, 6.07) is 3.88. The molecule has 4 nitrogen and oxygen atoms in total. The van der Waals surface area contributed by atoms with E-state index in [0.717, 1.165) is 29.6 Å². The highest BCUT2D eigenvalue weighted by Crippen LogP contribution is 2.30. The highest BCUT2D eigenvalue weighted by molar-refractivity contribution is 5.89. The third-order valence-electron chi connectivity index (χ3n) is 3.47. The van der Waals surface area contributed by atoms with Crippen molar-refractivity contribution in [2.75, 3.05) is 23.7 Å². The van der Waals surface area contributed by atoms with Gasteiger partial charge in [-0.05, 0) is 25.0 Å². The molecule has 2 aromatic rings. The van der Waals surface area contributed by atoms with Crippen LogP contribution in [0.15, 0.2) is 18.3 Å². The normalized spacial score (nSPS) is 20.6. The molecule has 18 heavy (non-hydrogen) atoms. The van der Waals surface area contributed by atoms with Crippen molar-refractivity contribution in [3.63, 3.8) is 0 Å². The average molecular weight is 248 g/mol. The van der Waals surface area contributed by atoms with Crippen LogP contribution in [-0.4, -0.2) is 29.0 Å². The van der Waals surface area contributed by atoms with E-state index in [1.54, 1.807) is 4.68 Å². The van der Waals surface area contributed by atoms with Crippen LogP contribution in [0.2, 0.25) is 0 Å². The standard InChI is InChI=1S/C13H17FN4/c1-17-7-9-5-11(15)13(6-12(9)16-17)18-4-2-3-10(14)8-18/h5-7,10H,2-4,8,15H2,1H3. The molecule has 1 aromatic heterocycles. The maximum atomic E-state index is 13.5. The summed E-state index contributed by atoms with van der Waals surface area (Å²) in [6.45, 7) is 1.30. The number of nitrogen functional groups attached to an aromatic ring is 1. The van der Waals surface area contributed by atoms with E-state index in [1.807, 2.05) is 30.3 Å². The molecule has 1 saturated heterocycles. The number of hydrogen-bond donors (Lipinski definition) is 1. The summed E-state index contributed by atoms with van der Waals surface area (Å²) < 4.78 is 15.2. The van der Waals surface area contributed by atoms with E-state index < -0.39 is 6.17 Å². The molecule has 0 amide bonds. The first-order valence-electron chi connectivity index (χ1n) is 6.25. The van der Waals surface area contributed by atoms with Crippen LogP contribution in [0.5, 0.6) is 0 Å². The number of piperidine rings is 1. The molecule has 0 bridgehead atoms. The van der Waals surface area contributed by atoms with Gasteiger partial charge in [0, 0.05) is 31.7 Å². The van der Waals surface area contributed by atoms with Crippen molar-refractivity contribution in [2.45, 2.75) is 19.0 Å². The third-order valence-corrected chi connectivity index (χ3v) is 3.47. The fourth-order valence-corrected chi connectivity index (χ4v) is 2.62. The Bertz CT molecular complexity index is 578. The van der Waals surface area contributed by atoms with Gasteiger partial charge in [-0.3, -0.25) is 4.68 Å². The molecule has 3 rings (SSSR count). The zero-order chi connectivity index (χ0) is 12.7. The Morgan fingerprint density at radius 3 is 3.06 bits per heavy atom. The van der Waals surface area contributed by atoms with E-state index in [-0.39, 0.29) is 0 Å². The second-order valence-corrected chi connectivity index (χ2v) is 4.96. The van der Waals surface area contributed by atoms with Crippen LogP contribution in [0.1, 0.15) is 12.8 Å². The fraction of sp³-hybridized carbons (Fsp3) is 0.462. The van der Waals surface area contributed by atoms with Crippen molar-refractivity contribution in [3.05, 3.63) is 18.3 Å². The summed E-state index contributed by atoms with van der Waals surface area (Å²) in [5.74, 6) is 0. The third kappa shape index (κ3) is 1.89. The molecule has 1 aliphatic heterocycles. The number of anilines is 2. The number of benzene rings is 1. The molecule has 1 aliphatic rings. The summed E-state index contributed by atoms with van der Waals surface area (Å²) >= 11 is 0. The van der Waals surface area contributed by atoms with Crippen molar-refractivity contribution in [1.82, 2.24) is 9.78 Å². The van der Waals surface area contributed by atoms with Gasteiger partial charge in [-0.15, -0.1) is 0 Å². The van der Waals surface area contributed by atoms with Crippen LogP contribution in [-0.2, 0) is 7.05 Å². The lowest BCUT2D eigenvalue weighted by Gasteiger charge is -2.31. The van der Waals surface area contributed by atoms with Crippen LogP contribution in [0.4, 0.5) is 15.8 Å². The largest absolute Gasteiger partial charge is 0.397 e. The minimum absolute atomic E-state index is 0.433. The number of hydrogen-bond acceptors (Lipinski definition) is 3. The predicted octanol–water partition coefficient (Wildman–Crippen LogP) is 2.09. The molecular formula is C13H17FN4. The maximum absolute atomic E-state index is 13.5. The molecule has 1 atom stereocenters. The van der Waals surface area contributed by atoms with Crippen molar-refractivity contribution in [3.8, 4) is 0 Å². The van der Waals surface area contributed by atoms with Crippen LogP contribution in [0.3, 0.4) is 0 Å².